The molecule has 0 atom stereocenters. The van der Waals surface area contributed by atoms with Gasteiger partial charge in [-0.25, -0.2) is 9.18 Å². The highest BCUT2D eigenvalue weighted by atomic mass is 19.1. The number of aromatic carboxylic acids is 1. The van der Waals surface area contributed by atoms with E-state index in [0.29, 0.717) is 0 Å². The Hall–Kier alpha value is -2.06. The topological polar surface area (TPSA) is 58.6 Å². The molecule has 0 bridgehead atoms. The molecule has 0 saturated carbocycles. The predicted octanol–water partition coefficient (Wildman–Crippen LogP) is 1.50. The van der Waals surface area contributed by atoms with E-state index in [9.17, 15) is 9.18 Å². The zero-order valence-corrected chi connectivity index (χ0v) is 7.66. The number of carboxylic acid groups (broad SMARTS) is 1. The molecule has 1 aromatic carbocycles. The molecule has 1 aromatic rings. The van der Waals surface area contributed by atoms with Crippen molar-refractivity contribution in [2.75, 3.05) is 12.1 Å². The molecule has 5 heteroatoms. The van der Waals surface area contributed by atoms with Gasteiger partial charge in [0, 0.05) is 0 Å². The van der Waals surface area contributed by atoms with E-state index >= 15 is 0 Å². The van der Waals surface area contributed by atoms with Crippen LogP contribution < -0.4 is 5.48 Å². The minimum Gasteiger partial charge on any atom is -0.478 e. The van der Waals surface area contributed by atoms with E-state index < -0.39 is 11.8 Å². The van der Waals surface area contributed by atoms with E-state index in [1.165, 1.54) is 6.07 Å². The van der Waals surface area contributed by atoms with Crippen LogP contribution in [0.1, 0.15) is 10.4 Å². The third-order valence-electron chi connectivity index (χ3n) is 1.55. The molecule has 4 nitrogen and oxygen atoms in total. The van der Waals surface area contributed by atoms with Crippen molar-refractivity contribution in [1.82, 2.24) is 0 Å². The highest BCUT2D eigenvalue weighted by Gasteiger charge is 2.10. The van der Waals surface area contributed by atoms with Gasteiger partial charge in [0.25, 0.3) is 0 Å². The first kappa shape index (κ1) is 11.0. The van der Waals surface area contributed by atoms with Gasteiger partial charge in [0.15, 0.2) is 0 Å². The second kappa shape index (κ2) is 4.98. The second-order valence-electron chi connectivity index (χ2n) is 2.59. The average molecular weight is 209 g/mol. The lowest BCUT2D eigenvalue weighted by Gasteiger charge is -2.07. The van der Waals surface area contributed by atoms with Crippen LogP contribution in [0.4, 0.5) is 10.1 Å². The fraction of sp³-hybridized carbons (Fsp3) is 0.100. The predicted molar refractivity (Wildman–Crippen MR) is 51.8 cm³/mol. The number of benzene rings is 1. The van der Waals surface area contributed by atoms with Crippen molar-refractivity contribution in [1.29, 1.82) is 0 Å². The van der Waals surface area contributed by atoms with Crippen LogP contribution in [0.2, 0.25) is 0 Å². The van der Waals surface area contributed by atoms with E-state index in [1.54, 1.807) is 0 Å². The zero-order valence-electron chi connectivity index (χ0n) is 7.66. The van der Waals surface area contributed by atoms with Gasteiger partial charge >= 0.3 is 5.97 Å². The monoisotopic (exact) mass is 209 g/mol. The minimum atomic E-state index is -1.25. The molecule has 1 rings (SSSR count). The molecule has 0 heterocycles. The first-order chi connectivity index (χ1) is 7.15. The van der Waals surface area contributed by atoms with E-state index in [0.717, 1.165) is 12.1 Å². The number of carboxylic acids is 1. The summed E-state index contributed by atoms with van der Waals surface area (Å²) in [5.41, 5.74) is 2.27. The van der Waals surface area contributed by atoms with E-state index in [-0.39, 0.29) is 17.9 Å². The van der Waals surface area contributed by atoms with Crippen LogP contribution in [0, 0.1) is 18.2 Å². The quantitative estimate of drug-likeness (QED) is 0.448. The molecule has 78 valence electrons. The number of carbonyl (C=O) groups is 1. The van der Waals surface area contributed by atoms with Crippen LogP contribution in [-0.4, -0.2) is 17.7 Å². The molecule has 0 unspecified atom stereocenters. The van der Waals surface area contributed by atoms with Gasteiger partial charge in [0.1, 0.15) is 12.4 Å². The molecule has 0 aromatic heterocycles. The number of halogens is 1. The van der Waals surface area contributed by atoms with Crippen molar-refractivity contribution in [2.45, 2.75) is 0 Å². The van der Waals surface area contributed by atoms with E-state index in [1.807, 2.05) is 0 Å². The second-order valence-corrected chi connectivity index (χ2v) is 2.59. The molecule has 0 aliphatic heterocycles. The van der Waals surface area contributed by atoms with Gasteiger partial charge in [0.2, 0.25) is 0 Å². The highest BCUT2D eigenvalue weighted by molar-refractivity contribution is 5.93. The lowest BCUT2D eigenvalue weighted by Crippen LogP contribution is -2.07. The van der Waals surface area contributed by atoms with Crippen molar-refractivity contribution in [3.8, 4) is 12.3 Å². The van der Waals surface area contributed by atoms with E-state index in [4.69, 9.17) is 16.4 Å². The van der Waals surface area contributed by atoms with Gasteiger partial charge in [-0.05, 0) is 18.2 Å². The van der Waals surface area contributed by atoms with Crippen LogP contribution in [0.25, 0.3) is 0 Å². The smallest absolute Gasteiger partial charge is 0.337 e. The third-order valence-corrected chi connectivity index (χ3v) is 1.55. The molecule has 0 saturated heterocycles. The Morgan fingerprint density at radius 2 is 2.40 bits per heavy atom. The maximum atomic E-state index is 12.7. The first-order valence-corrected chi connectivity index (χ1v) is 3.99. The summed E-state index contributed by atoms with van der Waals surface area (Å²) in [5.74, 6) is 0.313. The number of terminal acetylenes is 1. The largest absolute Gasteiger partial charge is 0.478 e. The third kappa shape index (κ3) is 2.97. The molecule has 0 aliphatic carbocycles. The summed E-state index contributed by atoms with van der Waals surface area (Å²) >= 11 is 0. The van der Waals surface area contributed by atoms with Crippen LogP contribution in [-0.2, 0) is 4.84 Å². The maximum absolute atomic E-state index is 12.7. The van der Waals surface area contributed by atoms with Crippen molar-refractivity contribution < 1.29 is 19.1 Å². The van der Waals surface area contributed by atoms with Crippen LogP contribution >= 0.6 is 0 Å². The van der Waals surface area contributed by atoms with Gasteiger partial charge in [0.05, 0.1) is 11.3 Å². The molecule has 2 N–H and O–H groups in total. The van der Waals surface area contributed by atoms with Crippen LogP contribution in [0.3, 0.4) is 0 Å². The summed E-state index contributed by atoms with van der Waals surface area (Å²) in [6, 6.07) is 3.27. The van der Waals surface area contributed by atoms with Crippen LogP contribution in [0.15, 0.2) is 18.2 Å². The summed E-state index contributed by atoms with van der Waals surface area (Å²) < 4.78 is 12.7. The first-order valence-electron chi connectivity index (χ1n) is 3.99. The zero-order chi connectivity index (χ0) is 11.3. The minimum absolute atomic E-state index is 0.0174. The van der Waals surface area contributed by atoms with Gasteiger partial charge < -0.3 is 5.11 Å². The molecule has 0 amide bonds. The average Bonchev–Trinajstić information content (AvgIpc) is 2.20. The normalized spacial score (nSPS) is 9.33. The summed E-state index contributed by atoms with van der Waals surface area (Å²) in [5, 5.41) is 8.74. The lowest BCUT2D eigenvalue weighted by molar-refractivity contribution is 0.0696. The SMILES string of the molecule is C#CCONc1ccc(F)cc1C(=O)O. The van der Waals surface area contributed by atoms with Crippen molar-refractivity contribution in [3.63, 3.8) is 0 Å². The maximum Gasteiger partial charge on any atom is 0.337 e. The standard InChI is InChI=1S/C10H8FNO3/c1-2-5-15-12-9-4-3-7(11)6-8(9)10(13)14/h1,3-4,6,12H,5H2,(H,13,14). The molecule has 0 fully saturated rings. The molecular weight excluding hydrogens is 201 g/mol. The fourth-order valence-electron chi connectivity index (χ4n) is 0.938. The van der Waals surface area contributed by atoms with Crippen molar-refractivity contribution in [2.24, 2.45) is 0 Å². The molecular formula is C10H8FNO3. The number of anilines is 1. The molecule has 15 heavy (non-hydrogen) atoms. The Kier molecular flexibility index (Phi) is 3.66. The fourth-order valence-corrected chi connectivity index (χ4v) is 0.938. The van der Waals surface area contributed by atoms with Gasteiger partial charge in [-0.2, -0.15) is 0 Å². The summed E-state index contributed by atoms with van der Waals surface area (Å²) in [6.45, 7) is -0.0174. The molecule has 0 radical (unpaired) electrons. The summed E-state index contributed by atoms with van der Waals surface area (Å²) in [6.07, 6.45) is 4.92. The Labute approximate surface area is 85.6 Å². The van der Waals surface area contributed by atoms with E-state index in [2.05, 4.69) is 11.4 Å². The Bertz CT molecular complexity index is 412. The number of nitrogens with one attached hydrogen (secondary N) is 1. The van der Waals surface area contributed by atoms with Crippen molar-refractivity contribution >= 4 is 11.7 Å². The number of hydrogen-bond acceptors (Lipinski definition) is 3. The summed E-state index contributed by atoms with van der Waals surface area (Å²) in [7, 11) is 0. The summed E-state index contributed by atoms with van der Waals surface area (Å²) in [4.78, 5) is 15.4. The van der Waals surface area contributed by atoms with Gasteiger partial charge in [-0.3, -0.25) is 10.3 Å². The Morgan fingerprint density at radius 3 is 3.00 bits per heavy atom. The van der Waals surface area contributed by atoms with Gasteiger partial charge in [-0.1, -0.05) is 5.92 Å². The Morgan fingerprint density at radius 1 is 1.67 bits per heavy atom. The number of rotatable bonds is 4. The van der Waals surface area contributed by atoms with Crippen molar-refractivity contribution in [3.05, 3.63) is 29.6 Å². The lowest BCUT2D eigenvalue weighted by atomic mass is 10.2. The number of hydrogen-bond donors (Lipinski definition) is 2. The molecule has 0 aliphatic rings. The van der Waals surface area contributed by atoms with Gasteiger partial charge in [-0.15, -0.1) is 6.42 Å². The Balaban J connectivity index is 2.87. The molecule has 0 spiro atoms. The highest BCUT2D eigenvalue weighted by Crippen LogP contribution is 2.16. The van der Waals surface area contributed by atoms with Crippen LogP contribution in [0.5, 0.6) is 0 Å².